The number of anilines is 1. The van der Waals surface area contributed by atoms with Crippen LogP contribution in [0, 0.1) is 11.6 Å². The third-order valence-corrected chi connectivity index (χ3v) is 7.70. The molecule has 1 amide bonds. The summed E-state index contributed by atoms with van der Waals surface area (Å²) in [5.74, 6) is -2.31. The molecule has 0 saturated carbocycles. The minimum atomic E-state index is -4.81. The van der Waals surface area contributed by atoms with Gasteiger partial charge in [-0.3, -0.25) is 9.10 Å². The molecule has 1 heterocycles. The number of alkyl halides is 3. The zero-order chi connectivity index (χ0) is 28.8. The maximum Gasteiger partial charge on any atom is 0.416 e. The average molecular weight is 571 g/mol. The van der Waals surface area contributed by atoms with E-state index in [1.54, 1.807) is 0 Å². The van der Waals surface area contributed by atoms with Gasteiger partial charge < -0.3 is 15.2 Å². The molecule has 4 rings (SSSR count). The molecule has 7 nitrogen and oxygen atoms in total. The van der Waals surface area contributed by atoms with Gasteiger partial charge in [0.2, 0.25) is 0 Å². The predicted molar refractivity (Wildman–Crippen MR) is 131 cm³/mol. The molecule has 0 spiro atoms. The third kappa shape index (κ3) is 5.98. The van der Waals surface area contributed by atoms with Crippen molar-refractivity contribution in [2.75, 3.05) is 17.4 Å². The van der Waals surface area contributed by atoms with Crippen LogP contribution in [0.15, 0.2) is 65.6 Å². The van der Waals surface area contributed by atoms with Gasteiger partial charge in [0.25, 0.3) is 15.9 Å². The first-order valence-electron chi connectivity index (χ1n) is 11.5. The van der Waals surface area contributed by atoms with Crippen molar-refractivity contribution in [1.29, 1.82) is 0 Å². The molecule has 0 aliphatic carbocycles. The van der Waals surface area contributed by atoms with Crippen LogP contribution in [0.5, 0.6) is 5.75 Å². The molecular weight excluding hydrogens is 547 g/mol. The van der Waals surface area contributed by atoms with Gasteiger partial charge in [0.1, 0.15) is 29.1 Å². The van der Waals surface area contributed by atoms with E-state index in [0.717, 1.165) is 40.7 Å². The lowest BCUT2D eigenvalue weighted by Gasteiger charge is -2.36. The van der Waals surface area contributed by atoms with E-state index in [2.05, 4.69) is 5.32 Å². The van der Waals surface area contributed by atoms with E-state index < -0.39 is 62.4 Å². The summed E-state index contributed by atoms with van der Waals surface area (Å²) in [4.78, 5) is 11.5. The maximum absolute atomic E-state index is 14.5. The van der Waals surface area contributed by atoms with Gasteiger partial charge in [-0.05, 0) is 67.9 Å². The minimum Gasteiger partial charge on any atom is -0.484 e. The predicted octanol–water partition coefficient (Wildman–Crippen LogP) is 4.49. The van der Waals surface area contributed by atoms with Crippen LogP contribution in [0.25, 0.3) is 11.1 Å². The number of hydrogen-bond donors (Lipinski definition) is 2. The number of sulfonamides is 1. The van der Waals surface area contributed by atoms with Crippen molar-refractivity contribution < 1.29 is 45.0 Å². The Bertz CT molecular complexity index is 1520. The van der Waals surface area contributed by atoms with Crippen molar-refractivity contribution in [3.63, 3.8) is 0 Å². The summed E-state index contributed by atoms with van der Waals surface area (Å²) in [7, 11) is -4.65. The number of ether oxygens (including phenoxy) is 1. The van der Waals surface area contributed by atoms with Gasteiger partial charge in [-0.2, -0.15) is 13.2 Å². The van der Waals surface area contributed by atoms with Crippen LogP contribution < -0.4 is 14.4 Å². The molecule has 208 valence electrons. The first-order valence-corrected chi connectivity index (χ1v) is 13.0. The van der Waals surface area contributed by atoms with Gasteiger partial charge in [0.05, 0.1) is 29.2 Å². The second-order valence-electron chi connectivity index (χ2n) is 9.38. The fraction of sp³-hybridized carbons (Fsp3) is 0.269. The summed E-state index contributed by atoms with van der Waals surface area (Å²) < 4.78 is 102. The summed E-state index contributed by atoms with van der Waals surface area (Å²) in [6.45, 7) is 1.79. The Kier molecular flexibility index (Phi) is 7.34. The van der Waals surface area contributed by atoms with E-state index >= 15 is 0 Å². The van der Waals surface area contributed by atoms with Gasteiger partial charge in [0.15, 0.2) is 0 Å². The molecule has 0 radical (unpaired) electrons. The van der Waals surface area contributed by atoms with Crippen LogP contribution in [-0.4, -0.2) is 44.2 Å². The van der Waals surface area contributed by atoms with E-state index in [0.29, 0.717) is 6.07 Å². The first-order chi connectivity index (χ1) is 18.1. The lowest BCUT2D eigenvalue weighted by atomic mass is 10.0. The summed E-state index contributed by atoms with van der Waals surface area (Å²) in [6.07, 6.45) is -5.82. The highest BCUT2D eigenvalue weighted by molar-refractivity contribution is 7.92. The van der Waals surface area contributed by atoms with E-state index in [1.165, 1.54) is 32.0 Å². The zero-order valence-corrected chi connectivity index (χ0v) is 21.4. The molecule has 1 aliphatic rings. The number of fused-ring (bicyclic) bond motifs is 1. The van der Waals surface area contributed by atoms with Gasteiger partial charge in [0, 0.05) is 5.56 Å². The fourth-order valence-electron chi connectivity index (χ4n) is 3.92. The molecule has 1 atom stereocenters. The van der Waals surface area contributed by atoms with Gasteiger partial charge in [-0.15, -0.1) is 0 Å². The number of nitrogens with zero attached hydrogens (tertiary/aromatic N) is 1. The van der Waals surface area contributed by atoms with Gasteiger partial charge >= 0.3 is 6.18 Å². The van der Waals surface area contributed by atoms with Crippen LogP contribution >= 0.6 is 0 Å². The lowest BCUT2D eigenvalue weighted by molar-refractivity contribution is -0.138. The Morgan fingerprint density at radius 3 is 2.46 bits per heavy atom. The number of hydrogen-bond acceptors (Lipinski definition) is 5. The van der Waals surface area contributed by atoms with Crippen molar-refractivity contribution >= 4 is 21.6 Å². The number of nitrogens with one attached hydrogen (secondary N) is 1. The Balaban J connectivity index is 1.80. The minimum absolute atomic E-state index is 0.0279. The molecule has 3 aromatic rings. The average Bonchev–Trinajstić information content (AvgIpc) is 2.86. The number of amides is 1. The van der Waals surface area contributed by atoms with Crippen molar-refractivity contribution in [2.24, 2.45) is 0 Å². The van der Waals surface area contributed by atoms with E-state index in [4.69, 9.17) is 4.74 Å². The van der Waals surface area contributed by atoms with Crippen LogP contribution in [0.2, 0.25) is 0 Å². The largest absolute Gasteiger partial charge is 0.484 e. The van der Waals surface area contributed by atoms with Crippen LogP contribution in [0.1, 0.15) is 19.4 Å². The summed E-state index contributed by atoms with van der Waals surface area (Å²) in [6, 6.07) is 9.81. The molecule has 0 aromatic heterocycles. The Hall–Kier alpha value is -3.71. The SMILES string of the molecule is CC(C)(O)C(=O)NC[C@H]1CN(S(=O)(=O)c2cccc(C(F)(F)F)c2)c2cc(-c3cc(F)ccc3F)ccc2O1. The molecule has 1 aliphatic heterocycles. The molecule has 39 heavy (non-hydrogen) atoms. The van der Waals surface area contributed by atoms with Crippen LogP contribution in [-0.2, 0) is 21.0 Å². The quantitative estimate of drug-likeness (QED) is 0.426. The second kappa shape index (κ2) is 10.1. The first kappa shape index (κ1) is 28.3. The molecule has 13 heteroatoms. The molecule has 2 N–H and O–H groups in total. The Labute approximate surface area is 220 Å². The van der Waals surface area contributed by atoms with E-state index in [1.807, 2.05) is 0 Å². The van der Waals surface area contributed by atoms with Crippen molar-refractivity contribution in [1.82, 2.24) is 5.32 Å². The van der Waals surface area contributed by atoms with Gasteiger partial charge in [-0.1, -0.05) is 12.1 Å². The molecule has 3 aromatic carbocycles. The third-order valence-electron chi connectivity index (χ3n) is 5.93. The number of rotatable bonds is 6. The van der Waals surface area contributed by atoms with E-state index in [-0.39, 0.29) is 29.1 Å². The van der Waals surface area contributed by atoms with E-state index in [9.17, 15) is 40.3 Å². The molecule has 0 fully saturated rings. The smallest absolute Gasteiger partial charge is 0.416 e. The highest BCUT2D eigenvalue weighted by Gasteiger charge is 2.38. The van der Waals surface area contributed by atoms with Gasteiger partial charge in [-0.25, -0.2) is 17.2 Å². The standard InChI is InChI=1S/C26H23F5N2O5S/c1-25(2,35)24(34)32-13-18-14-33(39(36,37)19-5-3-4-16(11-19)26(29,30)31)22-10-15(6-9-23(22)38-18)20-12-17(27)7-8-21(20)28/h3-12,18,35H,13-14H2,1-2H3,(H,32,34)/t18-/m0/s1. The Morgan fingerprint density at radius 2 is 1.79 bits per heavy atom. The zero-order valence-electron chi connectivity index (χ0n) is 20.6. The summed E-state index contributed by atoms with van der Waals surface area (Å²) in [5.41, 5.74) is -3.12. The Morgan fingerprint density at radius 1 is 1.08 bits per heavy atom. The highest BCUT2D eigenvalue weighted by atomic mass is 32.2. The topological polar surface area (TPSA) is 95.9 Å². The van der Waals surface area contributed by atoms with Crippen LogP contribution in [0.3, 0.4) is 0 Å². The summed E-state index contributed by atoms with van der Waals surface area (Å²) >= 11 is 0. The number of benzene rings is 3. The van der Waals surface area contributed by atoms with Crippen molar-refractivity contribution in [2.45, 2.75) is 36.6 Å². The number of halogens is 5. The molecule has 0 saturated heterocycles. The molecule has 0 bridgehead atoms. The number of aliphatic hydroxyl groups is 1. The number of carbonyl (C=O) groups excluding carboxylic acids is 1. The van der Waals surface area contributed by atoms with Crippen molar-refractivity contribution in [3.05, 3.63) is 77.9 Å². The maximum atomic E-state index is 14.5. The monoisotopic (exact) mass is 570 g/mol. The summed E-state index contributed by atoms with van der Waals surface area (Å²) in [5, 5.41) is 12.3. The fourth-order valence-corrected chi connectivity index (χ4v) is 5.46. The number of carbonyl (C=O) groups is 1. The highest BCUT2D eigenvalue weighted by Crippen LogP contribution is 2.41. The normalized spacial score (nSPS) is 15.9. The molecule has 0 unspecified atom stereocenters. The van der Waals surface area contributed by atoms with Crippen LogP contribution in [0.4, 0.5) is 27.6 Å². The van der Waals surface area contributed by atoms with Crippen molar-refractivity contribution in [3.8, 4) is 16.9 Å². The molecular formula is C26H23F5N2O5S. The second-order valence-corrected chi connectivity index (χ2v) is 11.2. The lowest BCUT2D eigenvalue weighted by Crippen LogP contribution is -2.51.